The second kappa shape index (κ2) is 10.5. The second-order valence-corrected chi connectivity index (χ2v) is 4.30. The molecule has 0 fully saturated rings. The first-order valence-corrected chi connectivity index (χ1v) is 6.63. The Labute approximate surface area is 115 Å². The maximum absolute atomic E-state index is 8.69. The topological polar surface area (TPSA) is 54.3 Å². The van der Waals surface area contributed by atoms with Crippen LogP contribution in [0.15, 0.2) is 24.3 Å². The molecule has 1 N–H and O–H groups in total. The van der Waals surface area contributed by atoms with Crippen LogP contribution in [0.1, 0.15) is 24.0 Å². The van der Waals surface area contributed by atoms with Crippen LogP contribution in [0.4, 0.5) is 0 Å². The summed E-state index contributed by atoms with van der Waals surface area (Å²) < 4.78 is 10.3. The van der Waals surface area contributed by atoms with Crippen molar-refractivity contribution in [1.82, 2.24) is 5.32 Å². The van der Waals surface area contributed by atoms with Crippen molar-refractivity contribution in [2.24, 2.45) is 0 Å². The molecule has 0 saturated heterocycles. The van der Waals surface area contributed by atoms with E-state index in [2.05, 4.69) is 11.4 Å². The maximum Gasteiger partial charge on any atom is 0.0991 e. The van der Waals surface area contributed by atoms with E-state index in [0.717, 1.165) is 32.5 Å². The van der Waals surface area contributed by atoms with Crippen LogP contribution in [0, 0.1) is 11.3 Å². The highest BCUT2D eigenvalue weighted by molar-refractivity contribution is 5.31. The molecule has 0 heterocycles. The zero-order valence-corrected chi connectivity index (χ0v) is 11.5. The van der Waals surface area contributed by atoms with Crippen molar-refractivity contribution in [3.63, 3.8) is 0 Å². The molecule has 1 rings (SSSR count). The van der Waals surface area contributed by atoms with Gasteiger partial charge < -0.3 is 14.8 Å². The van der Waals surface area contributed by atoms with Crippen LogP contribution in [-0.2, 0) is 16.0 Å². The summed E-state index contributed by atoms with van der Waals surface area (Å²) in [4.78, 5) is 0. The number of benzene rings is 1. The Morgan fingerprint density at radius 3 is 2.58 bits per heavy atom. The first kappa shape index (κ1) is 15.6. The number of nitriles is 1. The lowest BCUT2D eigenvalue weighted by atomic mass is 10.1. The lowest BCUT2D eigenvalue weighted by molar-refractivity contribution is 0.0688. The third kappa shape index (κ3) is 7.58. The Morgan fingerprint density at radius 1 is 1.11 bits per heavy atom. The zero-order chi connectivity index (χ0) is 13.8. The van der Waals surface area contributed by atoms with Crippen molar-refractivity contribution in [1.29, 1.82) is 5.26 Å². The number of methoxy groups -OCH3 is 1. The lowest BCUT2D eigenvalue weighted by Crippen LogP contribution is -2.15. The predicted molar refractivity (Wildman–Crippen MR) is 74.8 cm³/mol. The van der Waals surface area contributed by atoms with Crippen LogP contribution >= 0.6 is 0 Å². The predicted octanol–water partition coefficient (Wildman–Crippen LogP) is 2.09. The number of ether oxygens (including phenoxy) is 2. The fraction of sp³-hybridized carbons (Fsp3) is 0.533. The van der Waals surface area contributed by atoms with Gasteiger partial charge >= 0.3 is 0 Å². The molecule has 0 radical (unpaired) electrons. The largest absolute Gasteiger partial charge is 0.382 e. The van der Waals surface area contributed by atoms with Crippen molar-refractivity contribution < 1.29 is 9.47 Å². The summed E-state index contributed by atoms with van der Waals surface area (Å²) in [5.41, 5.74) is 1.91. The van der Waals surface area contributed by atoms with Gasteiger partial charge in [0.15, 0.2) is 0 Å². The minimum absolute atomic E-state index is 0.664. The molecule has 0 aliphatic heterocycles. The molecule has 0 atom stereocenters. The number of hydrogen-bond donors (Lipinski definition) is 1. The van der Waals surface area contributed by atoms with E-state index >= 15 is 0 Å². The van der Waals surface area contributed by atoms with Crippen LogP contribution in [0.3, 0.4) is 0 Å². The standard InChI is InChI=1S/C15H22N2O2/c1-18-10-11-19-9-3-2-8-17-13-15-6-4-14(12-16)5-7-15/h4-7,17H,2-3,8-11,13H2,1H3. The summed E-state index contributed by atoms with van der Waals surface area (Å²) in [6, 6.07) is 9.78. The van der Waals surface area contributed by atoms with Gasteiger partial charge in [-0.2, -0.15) is 5.26 Å². The molecular weight excluding hydrogens is 240 g/mol. The first-order valence-electron chi connectivity index (χ1n) is 6.63. The minimum Gasteiger partial charge on any atom is -0.382 e. The van der Waals surface area contributed by atoms with E-state index in [-0.39, 0.29) is 0 Å². The van der Waals surface area contributed by atoms with E-state index in [1.54, 1.807) is 7.11 Å². The van der Waals surface area contributed by atoms with E-state index in [1.165, 1.54) is 5.56 Å². The summed E-state index contributed by atoms with van der Waals surface area (Å²) in [7, 11) is 1.68. The Morgan fingerprint density at radius 2 is 1.89 bits per heavy atom. The number of nitrogens with one attached hydrogen (secondary N) is 1. The SMILES string of the molecule is COCCOCCCCNCc1ccc(C#N)cc1. The van der Waals surface area contributed by atoms with Gasteiger partial charge in [0.25, 0.3) is 0 Å². The van der Waals surface area contributed by atoms with Gasteiger partial charge in [0, 0.05) is 20.3 Å². The molecule has 0 amide bonds. The van der Waals surface area contributed by atoms with E-state index in [9.17, 15) is 0 Å². The molecule has 104 valence electrons. The zero-order valence-electron chi connectivity index (χ0n) is 11.5. The monoisotopic (exact) mass is 262 g/mol. The Balaban J connectivity index is 1.97. The second-order valence-electron chi connectivity index (χ2n) is 4.30. The lowest BCUT2D eigenvalue weighted by Gasteiger charge is -2.06. The Hall–Kier alpha value is -1.41. The van der Waals surface area contributed by atoms with Crippen molar-refractivity contribution in [3.05, 3.63) is 35.4 Å². The summed E-state index contributed by atoms with van der Waals surface area (Å²) in [5, 5.41) is 12.1. The summed E-state index contributed by atoms with van der Waals surface area (Å²) >= 11 is 0. The Bertz CT molecular complexity index is 371. The van der Waals surface area contributed by atoms with E-state index in [1.807, 2.05) is 24.3 Å². The first-order chi connectivity index (χ1) is 9.36. The normalized spacial score (nSPS) is 10.3. The third-order valence-corrected chi connectivity index (χ3v) is 2.74. The molecule has 0 aliphatic rings. The van der Waals surface area contributed by atoms with Gasteiger partial charge in [-0.15, -0.1) is 0 Å². The van der Waals surface area contributed by atoms with Crippen LogP contribution in [0.5, 0.6) is 0 Å². The van der Waals surface area contributed by atoms with Gasteiger partial charge in [-0.3, -0.25) is 0 Å². The van der Waals surface area contributed by atoms with Crippen molar-refractivity contribution >= 4 is 0 Å². The molecule has 1 aromatic rings. The summed E-state index contributed by atoms with van der Waals surface area (Å²) in [5.74, 6) is 0. The molecule has 0 aliphatic carbocycles. The van der Waals surface area contributed by atoms with Gasteiger partial charge in [0.1, 0.15) is 0 Å². The summed E-state index contributed by atoms with van der Waals surface area (Å²) in [6.45, 7) is 3.96. The highest BCUT2D eigenvalue weighted by Gasteiger charge is 1.94. The minimum atomic E-state index is 0.664. The van der Waals surface area contributed by atoms with Gasteiger partial charge in [-0.05, 0) is 37.1 Å². The Kier molecular flexibility index (Phi) is 8.65. The van der Waals surface area contributed by atoms with Gasteiger partial charge in [-0.1, -0.05) is 12.1 Å². The molecule has 0 saturated carbocycles. The fourth-order valence-corrected chi connectivity index (χ4v) is 1.63. The molecule has 19 heavy (non-hydrogen) atoms. The average Bonchev–Trinajstić information content (AvgIpc) is 2.46. The van der Waals surface area contributed by atoms with Gasteiger partial charge in [0.05, 0.1) is 24.8 Å². The molecule has 1 aromatic carbocycles. The molecule has 0 bridgehead atoms. The van der Waals surface area contributed by atoms with Crippen LogP contribution in [-0.4, -0.2) is 33.5 Å². The van der Waals surface area contributed by atoms with E-state index < -0.39 is 0 Å². The van der Waals surface area contributed by atoms with Crippen LogP contribution < -0.4 is 5.32 Å². The third-order valence-electron chi connectivity index (χ3n) is 2.74. The maximum atomic E-state index is 8.69. The number of hydrogen-bond acceptors (Lipinski definition) is 4. The van der Waals surface area contributed by atoms with Crippen molar-refractivity contribution in [3.8, 4) is 6.07 Å². The smallest absolute Gasteiger partial charge is 0.0991 e. The molecule has 4 nitrogen and oxygen atoms in total. The van der Waals surface area contributed by atoms with Crippen LogP contribution in [0.25, 0.3) is 0 Å². The molecule has 4 heteroatoms. The van der Waals surface area contributed by atoms with Crippen molar-refractivity contribution in [2.45, 2.75) is 19.4 Å². The molecule has 0 aromatic heterocycles. The number of unbranched alkanes of at least 4 members (excludes halogenated alkanes) is 1. The van der Waals surface area contributed by atoms with Gasteiger partial charge in [-0.25, -0.2) is 0 Å². The molecular formula is C15H22N2O2. The molecule has 0 spiro atoms. The molecule has 0 unspecified atom stereocenters. The highest BCUT2D eigenvalue weighted by Crippen LogP contribution is 2.02. The van der Waals surface area contributed by atoms with E-state index in [4.69, 9.17) is 14.7 Å². The number of rotatable bonds is 10. The number of nitrogens with zero attached hydrogens (tertiary/aromatic N) is 1. The van der Waals surface area contributed by atoms with E-state index in [0.29, 0.717) is 18.8 Å². The van der Waals surface area contributed by atoms with Crippen molar-refractivity contribution in [2.75, 3.05) is 33.5 Å². The average molecular weight is 262 g/mol. The quantitative estimate of drug-likeness (QED) is 0.656. The van der Waals surface area contributed by atoms with Crippen LogP contribution in [0.2, 0.25) is 0 Å². The van der Waals surface area contributed by atoms with Gasteiger partial charge in [0.2, 0.25) is 0 Å². The highest BCUT2D eigenvalue weighted by atomic mass is 16.5. The fourth-order valence-electron chi connectivity index (χ4n) is 1.63. The summed E-state index contributed by atoms with van der Waals surface area (Å²) in [6.07, 6.45) is 2.16.